The summed E-state index contributed by atoms with van der Waals surface area (Å²) in [7, 11) is 1.61. The number of aromatic nitrogens is 1. The van der Waals surface area contributed by atoms with Crippen LogP contribution in [0.15, 0.2) is 66.7 Å². The summed E-state index contributed by atoms with van der Waals surface area (Å²) >= 11 is 12.2. The average molecular weight is 452 g/mol. The van der Waals surface area contributed by atoms with E-state index in [1.165, 1.54) is 6.07 Å². The van der Waals surface area contributed by atoms with Crippen molar-refractivity contribution >= 4 is 46.3 Å². The highest BCUT2D eigenvalue weighted by atomic mass is 35.5. The summed E-state index contributed by atoms with van der Waals surface area (Å²) in [6, 6.07) is 20.8. The van der Waals surface area contributed by atoms with Crippen molar-refractivity contribution < 1.29 is 14.6 Å². The molecule has 1 heterocycles. The number of fused-ring (bicyclic) bond motifs is 1. The molecule has 0 radical (unpaired) electrons. The number of phenolic OH excluding ortho intramolecular Hbond substituents is 1. The number of rotatable bonds is 6. The Morgan fingerprint density at radius 3 is 2.48 bits per heavy atom. The van der Waals surface area contributed by atoms with E-state index in [0.29, 0.717) is 39.7 Å². The number of nitrogens with zero attached hydrogens (tertiary/aromatic N) is 1. The first-order valence-corrected chi connectivity index (χ1v) is 10.3. The van der Waals surface area contributed by atoms with Crippen LogP contribution in [0, 0.1) is 0 Å². The highest BCUT2D eigenvalue weighted by Gasteiger charge is 2.11. The number of ether oxygens (including phenoxy) is 2. The molecular formula is C25H19Cl2NO3. The number of pyridine rings is 1. The summed E-state index contributed by atoms with van der Waals surface area (Å²) < 4.78 is 11.4. The van der Waals surface area contributed by atoms with Gasteiger partial charge in [0.1, 0.15) is 12.1 Å². The lowest BCUT2D eigenvalue weighted by Gasteiger charge is -2.11. The number of methoxy groups -OCH3 is 1. The molecule has 0 aliphatic heterocycles. The molecule has 0 spiro atoms. The van der Waals surface area contributed by atoms with E-state index in [0.717, 1.165) is 11.1 Å². The van der Waals surface area contributed by atoms with E-state index in [1.807, 2.05) is 72.8 Å². The predicted octanol–water partition coefficient (Wildman–Crippen LogP) is 7.01. The van der Waals surface area contributed by atoms with Crippen LogP contribution in [-0.2, 0) is 6.61 Å². The van der Waals surface area contributed by atoms with Gasteiger partial charge in [0.15, 0.2) is 17.2 Å². The van der Waals surface area contributed by atoms with Crippen LogP contribution in [0.2, 0.25) is 10.0 Å². The second kappa shape index (κ2) is 9.29. The Hall–Kier alpha value is -3.21. The van der Waals surface area contributed by atoms with Crippen LogP contribution >= 0.6 is 23.2 Å². The van der Waals surface area contributed by atoms with Gasteiger partial charge in [-0.3, -0.25) is 0 Å². The maximum atomic E-state index is 10.2. The van der Waals surface area contributed by atoms with E-state index in [1.54, 1.807) is 7.11 Å². The summed E-state index contributed by atoms with van der Waals surface area (Å²) in [6.07, 6.45) is 3.75. The fraction of sp³-hybridized carbons (Fsp3) is 0.0800. The van der Waals surface area contributed by atoms with Gasteiger partial charge in [-0.15, -0.1) is 0 Å². The van der Waals surface area contributed by atoms with Crippen molar-refractivity contribution in [2.24, 2.45) is 0 Å². The Labute approximate surface area is 190 Å². The van der Waals surface area contributed by atoms with Gasteiger partial charge >= 0.3 is 0 Å². The quantitative estimate of drug-likeness (QED) is 0.342. The fourth-order valence-corrected chi connectivity index (χ4v) is 3.65. The third-order valence-corrected chi connectivity index (χ3v) is 5.35. The van der Waals surface area contributed by atoms with Gasteiger partial charge in [0.25, 0.3) is 0 Å². The van der Waals surface area contributed by atoms with Crippen molar-refractivity contribution in [3.63, 3.8) is 0 Å². The van der Waals surface area contributed by atoms with Gasteiger partial charge in [0.05, 0.1) is 22.8 Å². The van der Waals surface area contributed by atoms with Gasteiger partial charge < -0.3 is 14.6 Å². The van der Waals surface area contributed by atoms with E-state index in [-0.39, 0.29) is 10.8 Å². The molecule has 6 heteroatoms. The smallest absolute Gasteiger partial charge is 0.162 e. The number of benzene rings is 3. The summed E-state index contributed by atoms with van der Waals surface area (Å²) in [6.45, 7) is 0.442. The third-order valence-electron chi connectivity index (χ3n) is 4.75. The lowest BCUT2D eigenvalue weighted by molar-refractivity contribution is 0.284. The van der Waals surface area contributed by atoms with Crippen molar-refractivity contribution in [3.05, 3.63) is 93.6 Å². The number of halogens is 2. The van der Waals surface area contributed by atoms with Crippen molar-refractivity contribution in [1.29, 1.82) is 0 Å². The summed E-state index contributed by atoms with van der Waals surface area (Å²) in [5, 5.41) is 11.5. The molecule has 0 saturated heterocycles. The van der Waals surface area contributed by atoms with Gasteiger partial charge in [-0.05, 0) is 47.5 Å². The van der Waals surface area contributed by atoms with E-state index in [2.05, 4.69) is 4.98 Å². The zero-order chi connectivity index (χ0) is 21.8. The minimum absolute atomic E-state index is 0.0858. The summed E-state index contributed by atoms with van der Waals surface area (Å²) in [5.74, 6) is 1.22. The number of phenols is 1. The number of hydrogen-bond donors (Lipinski definition) is 1. The Balaban J connectivity index is 1.59. The Morgan fingerprint density at radius 1 is 0.903 bits per heavy atom. The maximum absolute atomic E-state index is 10.2. The Morgan fingerprint density at radius 2 is 1.71 bits per heavy atom. The molecule has 0 aliphatic rings. The molecule has 4 aromatic rings. The first kappa shape index (κ1) is 21.0. The van der Waals surface area contributed by atoms with Gasteiger partial charge in [0, 0.05) is 5.39 Å². The lowest BCUT2D eigenvalue weighted by atomic mass is 10.1. The molecule has 156 valence electrons. The molecule has 0 aliphatic carbocycles. The van der Waals surface area contributed by atoms with Crippen LogP contribution in [0.4, 0.5) is 0 Å². The zero-order valence-corrected chi connectivity index (χ0v) is 18.2. The molecule has 1 N–H and O–H groups in total. The van der Waals surface area contributed by atoms with Gasteiger partial charge in [-0.25, -0.2) is 4.98 Å². The number of hydrogen-bond acceptors (Lipinski definition) is 4. The Bertz CT molecular complexity index is 1260. The molecule has 4 nitrogen and oxygen atoms in total. The molecule has 0 bridgehead atoms. The van der Waals surface area contributed by atoms with E-state index in [4.69, 9.17) is 32.7 Å². The van der Waals surface area contributed by atoms with Gasteiger partial charge in [-0.1, -0.05) is 65.7 Å². The first-order chi connectivity index (χ1) is 15.0. The molecule has 0 amide bonds. The first-order valence-electron chi connectivity index (χ1n) is 9.55. The lowest BCUT2D eigenvalue weighted by Crippen LogP contribution is -1.97. The maximum Gasteiger partial charge on any atom is 0.162 e. The molecule has 0 saturated carbocycles. The van der Waals surface area contributed by atoms with Crippen molar-refractivity contribution in [3.8, 4) is 17.2 Å². The molecule has 0 atom stereocenters. The molecule has 31 heavy (non-hydrogen) atoms. The largest absolute Gasteiger partial charge is 0.504 e. The molecule has 1 aromatic heterocycles. The van der Waals surface area contributed by atoms with Crippen LogP contribution in [0.5, 0.6) is 17.2 Å². The summed E-state index contributed by atoms with van der Waals surface area (Å²) in [4.78, 5) is 4.48. The van der Waals surface area contributed by atoms with Crippen molar-refractivity contribution in [1.82, 2.24) is 4.98 Å². The van der Waals surface area contributed by atoms with E-state index >= 15 is 0 Å². The van der Waals surface area contributed by atoms with Gasteiger partial charge in [-0.2, -0.15) is 0 Å². The van der Waals surface area contributed by atoms with Crippen LogP contribution < -0.4 is 9.47 Å². The second-order valence-corrected chi connectivity index (χ2v) is 7.65. The monoisotopic (exact) mass is 451 g/mol. The molecule has 3 aromatic carbocycles. The molecule has 0 fully saturated rings. The van der Waals surface area contributed by atoms with Gasteiger partial charge in [0.2, 0.25) is 0 Å². The minimum Gasteiger partial charge on any atom is -0.504 e. The van der Waals surface area contributed by atoms with E-state index in [9.17, 15) is 5.11 Å². The second-order valence-electron chi connectivity index (χ2n) is 6.84. The summed E-state index contributed by atoms with van der Waals surface area (Å²) in [5.41, 5.74) is 3.01. The molecule has 4 rings (SSSR count). The minimum atomic E-state index is -0.0858. The Kier molecular flexibility index (Phi) is 6.31. The average Bonchev–Trinajstić information content (AvgIpc) is 2.80. The van der Waals surface area contributed by atoms with Crippen LogP contribution in [0.3, 0.4) is 0 Å². The standard InChI is InChI=1S/C25H19Cl2NO3/c1-30-22-12-8-16(13-23(22)31-15-17-5-3-2-4-6-17)7-9-18-10-11-19-20(26)14-21(27)25(29)24(19)28-18/h2-14,29H,15H2,1H3. The SMILES string of the molecule is COc1ccc(C=Cc2ccc3c(Cl)cc(Cl)c(O)c3n2)cc1OCc1ccccc1. The third kappa shape index (κ3) is 4.76. The molecule has 0 unspecified atom stereocenters. The van der Waals surface area contributed by atoms with Crippen molar-refractivity contribution in [2.45, 2.75) is 6.61 Å². The van der Waals surface area contributed by atoms with Crippen molar-refractivity contribution in [2.75, 3.05) is 7.11 Å². The highest BCUT2D eigenvalue weighted by Crippen LogP contribution is 2.36. The fourth-order valence-electron chi connectivity index (χ4n) is 3.14. The van der Waals surface area contributed by atoms with Crippen LogP contribution in [-0.4, -0.2) is 17.2 Å². The van der Waals surface area contributed by atoms with Crippen LogP contribution in [0.1, 0.15) is 16.8 Å². The van der Waals surface area contributed by atoms with Crippen LogP contribution in [0.25, 0.3) is 23.1 Å². The highest BCUT2D eigenvalue weighted by molar-refractivity contribution is 6.39. The topological polar surface area (TPSA) is 51.6 Å². The normalized spacial score (nSPS) is 11.2. The predicted molar refractivity (Wildman–Crippen MR) is 126 cm³/mol. The van der Waals surface area contributed by atoms with E-state index < -0.39 is 0 Å². The zero-order valence-electron chi connectivity index (χ0n) is 16.7. The number of aromatic hydroxyl groups is 1. The molecular weight excluding hydrogens is 433 g/mol.